The summed E-state index contributed by atoms with van der Waals surface area (Å²) in [6, 6.07) is 12.5. The first-order valence-electron chi connectivity index (χ1n) is 9.61. The lowest BCUT2D eigenvalue weighted by molar-refractivity contribution is 0.0963. The van der Waals surface area contributed by atoms with Crippen LogP contribution in [0.3, 0.4) is 0 Å². The summed E-state index contributed by atoms with van der Waals surface area (Å²) in [4.78, 5) is 18.4. The molecule has 0 saturated carbocycles. The molecule has 0 unspecified atom stereocenters. The fourth-order valence-corrected chi connectivity index (χ4v) is 2.93. The highest BCUT2D eigenvalue weighted by atomic mass is 19.1. The molecule has 7 heteroatoms. The maximum atomic E-state index is 13.9. The first-order valence-corrected chi connectivity index (χ1v) is 9.61. The van der Waals surface area contributed by atoms with Crippen LogP contribution in [0.25, 0.3) is 0 Å². The second kappa shape index (κ2) is 11.0. The fourth-order valence-electron chi connectivity index (χ4n) is 2.93. The van der Waals surface area contributed by atoms with E-state index in [0.29, 0.717) is 25.1 Å². The predicted octanol–water partition coefficient (Wildman–Crippen LogP) is 2.83. The summed E-state index contributed by atoms with van der Waals surface area (Å²) in [6.45, 7) is 3.81. The van der Waals surface area contributed by atoms with E-state index in [1.165, 1.54) is 13.2 Å². The van der Waals surface area contributed by atoms with E-state index in [2.05, 4.69) is 15.6 Å². The highest BCUT2D eigenvalue weighted by molar-refractivity contribution is 5.94. The second-order valence-electron chi connectivity index (χ2n) is 6.59. The summed E-state index contributed by atoms with van der Waals surface area (Å²) in [5, 5.41) is 5.89. The molecule has 6 nitrogen and oxygen atoms in total. The van der Waals surface area contributed by atoms with E-state index in [9.17, 15) is 9.18 Å². The number of rotatable bonds is 8. The standard InChI is InChI=1S/C22H29FN4O2/c1-5-25-22(27(3)15-17-9-10-20(29-4)19(23)14-17)26-12-11-16-7-6-8-18(13-16)21(28)24-2/h6-10,13-14H,5,11-12,15H2,1-4H3,(H,24,28)(H,25,26). The minimum absolute atomic E-state index is 0.102. The molecule has 0 aromatic heterocycles. The molecule has 0 aliphatic heterocycles. The van der Waals surface area contributed by atoms with Gasteiger partial charge in [0.2, 0.25) is 0 Å². The van der Waals surface area contributed by atoms with E-state index in [4.69, 9.17) is 4.74 Å². The Labute approximate surface area is 171 Å². The molecule has 0 saturated heterocycles. The van der Waals surface area contributed by atoms with Crippen molar-refractivity contribution in [2.24, 2.45) is 4.99 Å². The monoisotopic (exact) mass is 400 g/mol. The van der Waals surface area contributed by atoms with Crippen molar-refractivity contribution in [1.82, 2.24) is 15.5 Å². The zero-order valence-corrected chi connectivity index (χ0v) is 17.5. The Morgan fingerprint density at radius 1 is 1.21 bits per heavy atom. The van der Waals surface area contributed by atoms with Gasteiger partial charge in [0.05, 0.1) is 7.11 Å². The summed E-state index contributed by atoms with van der Waals surface area (Å²) >= 11 is 0. The number of halogens is 1. The number of methoxy groups -OCH3 is 1. The van der Waals surface area contributed by atoms with Crippen molar-refractivity contribution in [2.75, 3.05) is 34.3 Å². The normalized spacial score (nSPS) is 11.1. The molecule has 2 aromatic rings. The molecule has 156 valence electrons. The zero-order chi connectivity index (χ0) is 21.2. The Hall–Kier alpha value is -3.09. The van der Waals surface area contributed by atoms with Gasteiger partial charge in [-0.2, -0.15) is 0 Å². The van der Waals surface area contributed by atoms with Crippen LogP contribution in [0.1, 0.15) is 28.4 Å². The van der Waals surface area contributed by atoms with E-state index in [-0.39, 0.29) is 17.5 Å². The number of aliphatic imine (C=N–C) groups is 1. The van der Waals surface area contributed by atoms with E-state index in [1.807, 2.05) is 43.1 Å². The Kier molecular flexibility index (Phi) is 8.45. The number of hydrogen-bond acceptors (Lipinski definition) is 3. The molecule has 2 rings (SSSR count). The van der Waals surface area contributed by atoms with Crippen molar-refractivity contribution >= 4 is 11.9 Å². The van der Waals surface area contributed by atoms with Crippen LogP contribution in [0, 0.1) is 5.82 Å². The van der Waals surface area contributed by atoms with E-state index in [0.717, 1.165) is 23.6 Å². The number of nitrogens with zero attached hydrogens (tertiary/aromatic N) is 2. The van der Waals surface area contributed by atoms with Gasteiger partial charge < -0.3 is 20.3 Å². The number of carbonyl (C=O) groups excluding carboxylic acids is 1. The van der Waals surface area contributed by atoms with Gasteiger partial charge in [-0.1, -0.05) is 18.2 Å². The fraction of sp³-hybridized carbons (Fsp3) is 0.364. The van der Waals surface area contributed by atoms with Crippen molar-refractivity contribution in [3.8, 4) is 5.75 Å². The number of ether oxygens (including phenoxy) is 1. The van der Waals surface area contributed by atoms with Crippen LogP contribution in [-0.2, 0) is 13.0 Å². The van der Waals surface area contributed by atoms with Gasteiger partial charge in [0.25, 0.3) is 5.91 Å². The molecule has 2 N–H and O–H groups in total. The van der Waals surface area contributed by atoms with Crippen LogP contribution in [0.2, 0.25) is 0 Å². The topological polar surface area (TPSA) is 66.0 Å². The lowest BCUT2D eigenvalue weighted by Crippen LogP contribution is -2.38. The third-order valence-electron chi connectivity index (χ3n) is 4.41. The van der Waals surface area contributed by atoms with Crippen LogP contribution in [0.5, 0.6) is 5.75 Å². The highest BCUT2D eigenvalue weighted by Gasteiger charge is 2.09. The van der Waals surface area contributed by atoms with Gasteiger partial charge in [-0.15, -0.1) is 0 Å². The quantitative estimate of drug-likeness (QED) is 0.528. The third kappa shape index (κ3) is 6.48. The number of carbonyl (C=O) groups is 1. The van der Waals surface area contributed by atoms with Gasteiger partial charge >= 0.3 is 0 Å². The predicted molar refractivity (Wildman–Crippen MR) is 114 cm³/mol. The average Bonchev–Trinajstić information content (AvgIpc) is 2.73. The Morgan fingerprint density at radius 3 is 2.66 bits per heavy atom. The SMILES string of the molecule is CCNC(=NCCc1cccc(C(=O)NC)c1)N(C)Cc1ccc(OC)c(F)c1. The first-order chi connectivity index (χ1) is 14.0. The Morgan fingerprint density at radius 2 is 2.00 bits per heavy atom. The van der Waals surface area contributed by atoms with E-state index >= 15 is 0 Å². The molecule has 0 atom stereocenters. The molecular formula is C22H29FN4O2. The minimum Gasteiger partial charge on any atom is -0.494 e. The van der Waals surface area contributed by atoms with Gasteiger partial charge in [0.1, 0.15) is 0 Å². The maximum absolute atomic E-state index is 13.9. The van der Waals surface area contributed by atoms with E-state index < -0.39 is 0 Å². The molecule has 0 radical (unpaired) electrons. The second-order valence-corrected chi connectivity index (χ2v) is 6.59. The summed E-state index contributed by atoms with van der Waals surface area (Å²) in [5.41, 5.74) is 2.51. The van der Waals surface area contributed by atoms with Crippen molar-refractivity contribution in [2.45, 2.75) is 19.9 Å². The van der Waals surface area contributed by atoms with Gasteiger partial charge in [-0.05, 0) is 48.7 Å². The van der Waals surface area contributed by atoms with Crippen molar-refractivity contribution in [3.63, 3.8) is 0 Å². The smallest absolute Gasteiger partial charge is 0.251 e. The Bertz CT molecular complexity index is 854. The average molecular weight is 400 g/mol. The molecule has 0 heterocycles. The van der Waals surface area contributed by atoms with Gasteiger partial charge in [0, 0.05) is 39.3 Å². The summed E-state index contributed by atoms with van der Waals surface area (Å²) in [5.74, 6) is 0.494. The van der Waals surface area contributed by atoms with Crippen LogP contribution < -0.4 is 15.4 Å². The zero-order valence-electron chi connectivity index (χ0n) is 17.5. The Balaban J connectivity index is 2.03. The van der Waals surface area contributed by atoms with Gasteiger partial charge in [-0.25, -0.2) is 4.39 Å². The number of benzene rings is 2. The summed E-state index contributed by atoms with van der Waals surface area (Å²) in [6.07, 6.45) is 0.713. The summed E-state index contributed by atoms with van der Waals surface area (Å²) in [7, 11) is 4.98. The molecule has 0 fully saturated rings. The van der Waals surface area contributed by atoms with Crippen molar-refractivity contribution < 1.29 is 13.9 Å². The number of amides is 1. The molecule has 29 heavy (non-hydrogen) atoms. The molecule has 2 aromatic carbocycles. The largest absolute Gasteiger partial charge is 0.494 e. The van der Waals surface area contributed by atoms with Gasteiger partial charge in [0.15, 0.2) is 17.5 Å². The lowest BCUT2D eigenvalue weighted by atomic mass is 10.1. The highest BCUT2D eigenvalue weighted by Crippen LogP contribution is 2.18. The van der Waals surface area contributed by atoms with Crippen LogP contribution >= 0.6 is 0 Å². The molecular weight excluding hydrogens is 371 g/mol. The maximum Gasteiger partial charge on any atom is 0.251 e. The van der Waals surface area contributed by atoms with Crippen molar-refractivity contribution in [1.29, 1.82) is 0 Å². The lowest BCUT2D eigenvalue weighted by Gasteiger charge is -2.22. The summed E-state index contributed by atoms with van der Waals surface area (Å²) < 4.78 is 18.9. The van der Waals surface area contributed by atoms with Crippen LogP contribution in [0.4, 0.5) is 4.39 Å². The third-order valence-corrected chi connectivity index (χ3v) is 4.41. The molecule has 1 amide bonds. The molecule has 0 bridgehead atoms. The molecule has 0 aliphatic rings. The van der Waals surface area contributed by atoms with Crippen molar-refractivity contribution in [3.05, 3.63) is 65.0 Å². The number of nitrogens with one attached hydrogen (secondary N) is 2. The molecule has 0 aliphatic carbocycles. The number of hydrogen-bond donors (Lipinski definition) is 2. The number of guanidine groups is 1. The van der Waals surface area contributed by atoms with Gasteiger partial charge in [-0.3, -0.25) is 9.79 Å². The van der Waals surface area contributed by atoms with E-state index in [1.54, 1.807) is 19.2 Å². The first kappa shape index (κ1) is 22.2. The minimum atomic E-state index is -0.378. The molecule has 0 spiro atoms. The van der Waals surface area contributed by atoms with Crippen LogP contribution in [0.15, 0.2) is 47.5 Å². The van der Waals surface area contributed by atoms with Crippen LogP contribution in [-0.4, -0.2) is 51.1 Å².